The molecular weight excluding hydrogens is 386 g/mol. The summed E-state index contributed by atoms with van der Waals surface area (Å²) in [5.41, 5.74) is -0.416. The van der Waals surface area contributed by atoms with Crippen LogP contribution in [0.5, 0.6) is 0 Å². The van der Waals surface area contributed by atoms with E-state index < -0.39 is 47.7 Å². The van der Waals surface area contributed by atoms with Gasteiger partial charge in [-0.2, -0.15) is 5.06 Å². The van der Waals surface area contributed by atoms with Crippen LogP contribution in [0.15, 0.2) is 35.2 Å². The van der Waals surface area contributed by atoms with Crippen molar-refractivity contribution in [1.82, 2.24) is 5.06 Å². The number of hydrogen-bond acceptors (Lipinski definition) is 9. The molecule has 2 aliphatic rings. The molecule has 2 fully saturated rings. The van der Waals surface area contributed by atoms with Gasteiger partial charge in [0.1, 0.15) is 5.44 Å². The fourth-order valence-corrected chi connectivity index (χ4v) is 5.04. The van der Waals surface area contributed by atoms with Crippen LogP contribution in [0.4, 0.5) is 0 Å². The zero-order chi connectivity index (χ0) is 20.4. The van der Waals surface area contributed by atoms with E-state index in [9.17, 15) is 14.4 Å². The number of thioether (sulfide) groups is 1. The van der Waals surface area contributed by atoms with E-state index in [1.54, 1.807) is 12.1 Å². The van der Waals surface area contributed by atoms with Gasteiger partial charge in [-0.25, -0.2) is 0 Å². The molecule has 1 heterocycles. The Balaban J connectivity index is 1.95. The minimum Gasteiger partial charge on any atom is -0.458 e. The van der Waals surface area contributed by atoms with Gasteiger partial charge >= 0.3 is 17.9 Å². The van der Waals surface area contributed by atoms with Crippen LogP contribution in [0.3, 0.4) is 0 Å². The van der Waals surface area contributed by atoms with E-state index in [4.69, 9.17) is 19.0 Å². The maximum absolute atomic E-state index is 11.8. The number of carbonyl (C=O) groups excluding carboxylic acids is 3. The maximum Gasteiger partial charge on any atom is 0.303 e. The summed E-state index contributed by atoms with van der Waals surface area (Å²) >= 11 is 1.47. The molecule has 1 aromatic rings. The van der Waals surface area contributed by atoms with E-state index in [0.29, 0.717) is 0 Å². The van der Waals surface area contributed by atoms with Crippen molar-refractivity contribution in [3.63, 3.8) is 0 Å². The Bertz CT molecular complexity index is 743. The van der Waals surface area contributed by atoms with E-state index >= 15 is 0 Å². The van der Waals surface area contributed by atoms with Gasteiger partial charge in [0.15, 0.2) is 18.3 Å². The highest BCUT2D eigenvalue weighted by Gasteiger charge is 2.64. The van der Waals surface area contributed by atoms with Gasteiger partial charge in [0.2, 0.25) is 0 Å². The largest absolute Gasteiger partial charge is 0.458 e. The minimum absolute atomic E-state index is 0.368. The number of likely N-dealkylation sites (N-methyl/N-ethyl adjacent to an activating group) is 1. The second-order valence-corrected chi connectivity index (χ2v) is 7.91. The van der Waals surface area contributed by atoms with Crippen LogP contribution in [0.25, 0.3) is 0 Å². The lowest BCUT2D eigenvalue weighted by atomic mass is 10.0. The van der Waals surface area contributed by atoms with Crippen molar-refractivity contribution < 1.29 is 33.4 Å². The summed E-state index contributed by atoms with van der Waals surface area (Å²) in [6.45, 7) is 3.84. The predicted molar refractivity (Wildman–Crippen MR) is 98.9 cm³/mol. The van der Waals surface area contributed by atoms with Crippen LogP contribution in [-0.2, 0) is 33.4 Å². The number of esters is 3. The van der Waals surface area contributed by atoms with Crippen LogP contribution in [0.1, 0.15) is 20.8 Å². The van der Waals surface area contributed by atoms with Crippen LogP contribution < -0.4 is 0 Å². The van der Waals surface area contributed by atoms with Crippen molar-refractivity contribution in [2.45, 2.75) is 55.5 Å². The Morgan fingerprint density at radius 3 is 2.00 bits per heavy atom. The number of fused-ring (bicyclic) bond motifs is 1. The quantitative estimate of drug-likeness (QED) is 0.533. The van der Waals surface area contributed by atoms with Crippen molar-refractivity contribution >= 4 is 29.7 Å². The maximum atomic E-state index is 11.8. The van der Waals surface area contributed by atoms with Gasteiger partial charge in [0.25, 0.3) is 0 Å². The highest BCUT2D eigenvalue weighted by atomic mass is 32.2. The molecule has 0 amide bonds. The summed E-state index contributed by atoms with van der Waals surface area (Å²) in [4.78, 5) is 42.1. The fourth-order valence-electron chi connectivity index (χ4n) is 3.81. The molecule has 28 heavy (non-hydrogen) atoms. The van der Waals surface area contributed by atoms with Crippen molar-refractivity contribution in [1.29, 1.82) is 0 Å². The molecule has 0 unspecified atom stereocenters. The molecular formula is C19H23NO7S. The number of nitrogens with zero attached hydrogens (tertiary/aromatic N) is 1. The standard InChI is InChI=1S/C19H23NO7S/c1-10(21)24-16-14-15(17(25-11(2)22)18(16)26-12(3)23)20(4)27-19(14)28-13-8-6-5-7-9-13/h5-9,14-19H,1-4H3/t14-,15+,16-,17+,18+,19+/m0/s1. The Morgan fingerprint density at radius 2 is 1.43 bits per heavy atom. The van der Waals surface area contributed by atoms with Crippen LogP contribution in [0.2, 0.25) is 0 Å². The first-order valence-electron chi connectivity index (χ1n) is 8.91. The average molecular weight is 409 g/mol. The van der Waals surface area contributed by atoms with Crippen molar-refractivity contribution in [3.8, 4) is 0 Å². The normalized spacial score (nSPS) is 31.9. The third kappa shape index (κ3) is 4.31. The van der Waals surface area contributed by atoms with Crippen LogP contribution in [0, 0.1) is 5.92 Å². The lowest BCUT2D eigenvalue weighted by molar-refractivity contribution is -0.193. The minimum atomic E-state index is -0.912. The SMILES string of the molecule is CC(=O)O[C@@H]1[C@@H](OC(C)=O)[C@@H]2[C@H]([C@H]1OC(C)=O)N(C)O[C@@H]2Sc1ccccc1. The summed E-state index contributed by atoms with van der Waals surface area (Å²) in [6, 6.07) is 9.21. The van der Waals surface area contributed by atoms with E-state index in [1.165, 1.54) is 32.5 Å². The first-order valence-corrected chi connectivity index (χ1v) is 9.79. The van der Waals surface area contributed by atoms with E-state index in [1.807, 2.05) is 30.3 Å². The molecule has 1 aliphatic carbocycles. The second kappa shape index (κ2) is 8.50. The highest BCUT2D eigenvalue weighted by Crippen LogP contribution is 2.48. The zero-order valence-electron chi connectivity index (χ0n) is 16.1. The molecule has 0 bridgehead atoms. The number of hydroxylamine groups is 2. The number of hydrogen-bond donors (Lipinski definition) is 0. The van der Waals surface area contributed by atoms with Gasteiger partial charge in [-0.15, -0.1) is 0 Å². The number of carbonyl (C=O) groups is 3. The molecule has 0 aromatic heterocycles. The molecule has 1 aliphatic heterocycles. The molecule has 1 aromatic carbocycles. The Morgan fingerprint density at radius 1 is 0.893 bits per heavy atom. The molecule has 0 N–H and O–H groups in total. The van der Waals surface area contributed by atoms with Crippen LogP contribution in [-0.4, -0.2) is 59.8 Å². The molecule has 0 spiro atoms. The topological polar surface area (TPSA) is 91.4 Å². The van der Waals surface area contributed by atoms with Crippen LogP contribution >= 0.6 is 11.8 Å². The summed E-state index contributed by atoms with van der Waals surface area (Å²) < 4.78 is 16.5. The van der Waals surface area contributed by atoms with Gasteiger partial charge in [0.05, 0.1) is 12.0 Å². The Hall–Kier alpha value is -2.10. The van der Waals surface area contributed by atoms with Gasteiger partial charge < -0.3 is 14.2 Å². The lowest BCUT2D eigenvalue weighted by Crippen LogP contribution is -2.45. The van der Waals surface area contributed by atoms with Crippen molar-refractivity contribution in [2.24, 2.45) is 5.92 Å². The second-order valence-electron chi connectivity index (χ2n) is 6.74. The third-order valence-electron chi connectivity index (χ3n) is 4.66. The monoisotopic (exact) mass is 409 g/mol. The number of ether oxygens (including phenoxy) is 3. The summed E-state index contributed by atoms with van der Waals surface area (Å²) in [5.74, 6) is -1.94. The molecule has 1 saturated carbocycles. The lowest BCUT2D eigenvalue weighted by Gasteiger charge is -2.29. The highest BCUT2D eigenvalue weighted by molar-refractivity contribution is 7.99. The summed E-state index contributed by atoms with van der Waals surface area (Å²) in [6.07, 6.45) is -2.53. The van der Waals surface area contributed by atoms with E-state index in [0.717, 1.165) is 4.90 Å². The predicted octanol–water partition coefficient (Wildman–Crippen LogP) is 1.78. The summed E-state index contributed by atoms with van der Waals surface area (Å²) in [7, 11) is 1.72. The van der Waals surface area contributed by atoms with Gasteiger partial charge in [-0.1, -0.05) is 30.0 Å². The fraction of sp³-hybridized carbons (Fsp3) is 0.526. The van der Waals surface area contributed by atoms with Crippen molar-refractivity contribution in [2.75, 3.05) is 7.05 Å². The molecule has 1 saturated heterocycles. The molecule has 3 rings (SSSR count). The Kier molecular flexibility index (Phi) is 6.26. The molecule has 8 nitrogen and oxygen atoms in total. The molecule has 6 atom stereocenters. The van der Waals surface area contributed by atoms with Gasteiger partial charge in [-0.3, -0.25) is 19.2 Å². The van der Waals surface area contributed by atoms with E-state index in [-0.39, 0.29) is 5.92 Å². The third-order valence-corrected chi connectivity index (χ3v) is 5.84. The smallest absolute Gasteiger partial charge is 0.303 e. The van der Waals surface area contributed by atoms with Crippen molar-refractivity contribution in [3.05, 3.63) is 30.3 Å². The molecule has 152 valence electrons. The summed E-state index contributed by atoms with van der Waals surface area (Å²) in [5, 5.41) is 1.60. The first-order chi connectivity index (χ1) is 13.3. The first kappa shape index (κ1) is 20.6. The zero-order valence-corrected chi connectivity index (χ0v) is 16.9. The number of rotatable bonds is 5. The Labute approximate surface area is 167 Å². The van der Waals surface area contributed by atoms with E-state index in [2.05, 4.69) is 0 Å². The molecule has 9 heteroatoms. The van der Waals surface area contributed by atoms with Gasteiger partial charge in [-0.05, 0) is 12.1 Å². The van der Waals surface area contributed by atoms with Gasteiger partial charge in [0, 0.05) is 32.7 Å². The number of benzene rings is 1. The average Bonchev–Trinajstić information content (AvgIpc) is 3.05. The molecule has 0 radical (unpaired) electrons.